The predicted octanol–water partition coefficient (Wildman–Crippen LogP) is 5.78. The third-order valence-corrected chi connectivity index (χ3v) is 6.54. The second-order valence-corrected chi connectivity index (χ2v) is 9.01. The molecule has 2 amide bonds. The molecule has 5 rings (SSSR count). The van der Waals surface area contributed by atoms with E-state index >= 15 is 0 Å². The third kappa shape index (κ3) is 5.26. The zero-order valence-electron chi connectivity index (χ0n) is 20.8. The lowest BCUT2D eigenvalue weighted by atomic mass is 10.0. The highest BCUT2D eigenvalue weighted by Gasteiger charge is 2.38. The number of urea groups is 1. The molecule has 0 aliphatic carbocycles. The van der Waals surface area contributed by atoms with Crippen molar-refractivity contribution in [3.63, 3.8) is 0 Å². The molecule has 1 aliphatic rings. The molecule has 13 heteroatoms. The van der Waals surface area contributed by atoms with E-state index in [4.69, 9.17) is 4.84 Å². The maximum absolute atomic E-state index is 14.0. The number of amides is 2. The van der Waals surface area contributed by atoms with Gasteiger partial charge in [0.2, 0.25) is 0 Å². The second kappa shape index (κ2) is 10.5. The van der Waals surface area contributed by atoms with Gasteiger partial charge in [-0.15, -0.1) is 13.2 Å². The summed E-state index contributed by atoms with van der Waals surface area (Å²) < 4.78 is 71.5. The van der Waals surface area contributed by atoms with Gasteiger partial charge in [0.25, 0.3) is 5.56 Å². The van der Waals surface area contributed by atoms with Gasteiger partial charge in [0, 0.05) is 12.6 Å². The Morgan fingerprint density at radius 1 is 1.05 bits per heavy atom. The number of hydrogen-bond donors (Lipinski definition) is 1. The van der Waals surface area contributed by atoms with Crippen molar-refractivity contribution in [3.05, 3.63) is 100 Å². The van der Waals surface area contributed by atoms with Crippen molar-refractivity contribution in [2.24, 2.45) is 0 Å². The highest BCUT2D eigenvalue weighted by molar-refractivity contribution is 5.78. The van der Waals surface area contributed by atoms with E-state index in [1.165, 1.54) is 27.7 Å². The minimum absolute atomic E-state index is 0.0794. The molecule has 0 spiro atoms. The van der Waals surface area contributed by atoms with Crippen molar-refractivity contribution in [1.82, 2.24) is 19.9 Å². The molecule has 208 valence electrons. The monoisotopic (exact) mass is 560 g/mol. The lowest BCUT2D eigenvalue weighted by molar-refractivity contribution is -0.275. The summed E-state index contributed by atoms with van der Waals surface area (Å²) in [7, 11) is 0. The fourth-order valence-corrected chi connectivity index (χ4v) is 4.72. The number of hydrogen-bond acceptors (Lipinski definition) is 5. The number of fused-ring (bicyclic) bond motifs is 2. The van der Waals surface area contributed by atoms with E-state index in [0.29, 0.717) is 5.56 Å². The van der Waals surface area contributed by atoms with Gasteiger partial charge in [-0.3, -0.25) is 9.36 Å². The molecule has 8 nitrogen and oxygen atoms in total. The molecule has 2 heterocycles. The molecule has 3 aromatic carbocycles. The van der Waals surface area contributed by atoms with E-state index < -0.39 is 53.2 Å². The van der Waals surface area contributed by atoms with E-state index in [2.05, 4.69) is 15.2 Å². The maximum Gasteiger partial charge on any atom is 0.573 e. The summed E-state index contributed by atoms with van der Waals surface area (Å²) in [5.74, 6) is -3.29. The van der Waals surface area contributed by atoms with Gasteiger partial charge in [0.05, 0.1) is 23.0 Å². The molecular formula is C27H21F5N4O4. The molecule has 0 radical (unpaired) electrons. The van der Waals surface area contributed by atoms with Gasteiger partial charge in [0.1, 0.15) is 5.82 Å². The van der Waals surface area contributed by atoms with Crippen LogP contribution < -0.4 is 20.6 Å². The molecule has 0 fully saturated rings. The Bertz CT molecular complexity index is 1630. The van der Waals surface area contributed by atoms with Crippen molar-refractivity contribution in [2.45, 2.75) is 38.3 Å². The van der Waals surface area contributed by atoms with Crippen LogP contribution >= 0.6 is 0 Å². The van der Waals surface area contributed by atoms with E-state index in [0.717, 1.165) is 18.2 Å². The zero-order valence-corrected chi connectivity index (χ0v) is 20.8. The van der Waals surface area contributed by atoms with Crippen molar-refractivity contribution in [1.29, 1.82) is 0 Å². The Hall–Kier alpha value is -4.68. The number of nitrogens with one attached hydrogen (secondary N) is 1. The van der Waals surface area contributed by atoms with Crippen LogP contribution in [0.15, 0.2) is 71.5 Å². The number of ether oxygens (including phenoxy) is 1. The van der Waals surface area contributed by atoms with Crippen molar-refractivity contribution in [3.8, 4) is 11.5 Å². The lowest BCUT2D eigenvalue weighted by Gasteiger charge is -2.34. The Balaban J connectivity index is 1.51. The van der Waals surface area contributed by atoms with Gasteiger partial charge in [0.15, 0.2) is 23.1 Å². The fourth-order valence-electron chi connectivity index (χ4n) is 4.72. The Kier molecular flexibility index (Phi) is 7.04. The number of rotatable bonds is 6. The first-order chi connectivity index (χ1) is 19.0. The van der Waals surface area contributed by atoms with Gasteiger partial charge in [-0.2, -0.15) is 5.48 Å². The maximum atomic E-state index is 14.0. The van der Waals surface area contributed by atoms with Crippen LogP contribution in [0.5, 0.6) is 11.5 Å². The van der Waals surface area contributed by atoms with Crippen LogP contribution in [0.3, 0.4) is 0 Å². The van der Waals surface area contributed by atoms with E-state index in [-0.39, 0.29) is 29.7 Å². The molecule has 0 saturated heterocycles. The van der Waals surface area contributed by atoms with E-state index in [1.54, 1.807) is 37.3 Å². The van der Waals surface area contributed by atoms with Crippen molar-refractivity contribution >= 4 is 16.9 Å². The topological polar surface area (TPSA) is 85.7 Å². The summed E-state index contributed by atoms with van der Waals surface area (Å²) in [6.45, 7) is 1.85. The number of aromatic nitrogens is 2. The van der Waals surface area contributed by atoms with Crippen LogP contribution in [0.25, 0.3) is 10.9 Å². The average molecular weight is 560 g/mol. The fraction of sp³-hybridized carbons (Fsp3) is 0.222. The number of halogens is 5. The molecule has 1 N–H and O–H groups in total. The standard InChI is InChI=1S/C27H21F5N4O4/c1-15(16-7-3-2-4-8-16)36(26(38)34-40-23-10-6-5-9-22(23)39-27(30,31)32)21-11-12-35-24(21)33-20-14-19(29)18(28)13-17(20)25(35)37/h2-10,13-15,21H,11-12H2,1H3,(H,34,38). The number of benzene rings is 3. The van der Waals surface area contributed by atoms with Crippen LogP contribution in [0, 0.1) is 11.6 Å². The summed E-state index contributed by atoms with van der Waals surface area (Å²) in [6, 6.07) is 13.0. The molecule has 0 bridgehead atoms. The van der Waals surface area contributed by atoms with Gasteiger partial charge >= 0.3 is 12.4 Å². The Labute approximate surface area is 223 Å². The van der Waals surface area contributed by atoms with Crippen LogP contribution in [-0.4, -0.2) is 26.8 Å². The molecular weight excluding hydrogens is 539 g/mol. The second-order valence-electron chi connectivity index (χ2n) is 9.01. The first-order valence-corrected chi connectivity index (χ1v) is 12.1. The van der Waals surface area contributed by atoms with Gasteiger partial charge in [-0.1, -0.05) is 42.5 Å². The number of carbonyl (C=O) groups is 1. The first kappa shape index (κ1) is 26.9. The summed E-state index contributed by atoms with van der Waals surface area (Å²) >= 11 is 0. The first-order valence-electron chi connectivity index (χ1n) is 12.1. The highest BCUT2D eigenvalue weighted by Crippen LogP contribution is 2.37. The molecule has 2 unspecified atom stereocenters. The van der Waals surface area contributed by atoms with Crippen molar-refractivity contribution < 1.29 is 36.3 Å². The average Bonchev–Trinajstić information content (AvgIpc) is 3.33. The lowest BCUT2D eigenvalue weighted by Crippen LogP contribution is -2.45. The number of alkyl halides is 3. The smallest absolute Gasteiger partial charge is 0.402 e. The summed E-state index contributed by atoms with van der Waals surface area (Å²) in [6.07, 6.45) is -4.77. The summed E-state index contributed by atoms with van der Waals surface area (Å²) in [4.78, 5) is 37.7. The molecule has 40 heavy (non-hydrogen) atoms. The molecule has 0 saturated carbocycles. The zero-order chi connectivity index (χ0) is 28.6. The van der Waals surface area contributed by atoms with Crippen molar-refractivity contribution in [2.75, 3.05) is 0 Å². The van der Waals surface area contributed by atoms with Crippen LogP contribution in [0.2, 0.25) is 0 Å². The van der Waals surface area contributed by atoms with E-state index in [1.807, 2.05) is 0 Å². The number of para-hydroxylation sites is 2. The number of nitrogens with zero attached hydrogens (tertiary/aromatic N) is 3. The van der Waals surface area contributed by atoms with Crippen LogP contribution in [0.1, 0.15) is 36.8 Å². The van der Waals surface area contributed by atoms with Gasteiger partial charge in [-0.25, -0.2) is 18.6 Å². The molecule has 2 atom stereocenters. The minimum Gasteiger partial charge on any atom is -0.402 e. The predicted molar refractivity (Wildman–Crippen MR) is 132 cm³/mol. The van der Waals surface area contributed by atoms with Gasteiger partial charge < -0.3 is 14.5 Å². The Morgan fingerprint density at radius 2 is 1.70 bits per heavy atom. The normalized spacial score (nSPS) is 15.4. The van der Waals surface area contributed by atoms with Gasteiger partial charge in [-0.05, 0) is 37.1 Å². The highest BCUT2D eigenvalue weighted by atomic mass is 19.4. The molecule has 1 aliphatic heterocycles. The Morgan fingerprint density at radius 3 is 2.40 bits per heavy atom. The third-order valence-electron chi connectivity index (χ3n) is 6.54. The summed E-state index contributed by atoms with van der Waals surface area (Å²) in [5.41, 5.74) is 2.20. The molecule has 1 aromatic heterocycles. The van der Waals surface area contributed by atoms with Crippen LogP contribution in [0.4, 0.5) is 26.7 Å². The largest absolute Gasteiger partial charge is 0.573 e. The minimum atomic E-state index is -4.99. The quantitative estimate of drug-likeness (QED) is 0.239. The SMILES string of the molecule is CC(c1ccccc1)N(C(=O)NOc1ccccc1OC(F)(F)F)C1CCn2c1nc1cc(F)c(F)cc1c2=O. The van der Waals surface area contributed by atoms with E-state index in [9.17, 15) is 31.5 Å². The number of hydroxylamine groups is 1. The molecule has 4 aromatic rings. The number of carbonyl (C=O) groups excluding carboxylic acids is 1. The summed E-state index contributed by atoms with van der Waals surface area (Å²) in [5, 5.41) is -0.111. The van der Waals surface area contributed by atoms with Crippen LogP contribution in [-0.2, 0) is 6.54 Å².